The maximum absolute atomic E-state index is 12.6. The van der Waals surface area contributed by atoms with Gasteiger partial charge in [0.1, 0.15) is 0 Å². The number of carboxylic acids is 1. The number of carbonyl (C=O) groups excluding carboxylic acids is 1. The number of amides is 2. The lowest BCUT2D eigenvalue weighted by Crippen LogP contribution is -2.58. The highest BCUT2D eigenvalue weighted by atomic mass is 16.5. The van der Waals surface area contributed by atoms with Crippen molar-refractivity contribution in [3.05, 3.63) is 0 Å². The number of carbonyl (C=O) groups is 2. The van der Waals surface area contributed by atoms with Gasteiger partial charge in [0.15, 0.2) is 0 Å². The van der Waals surface area contributed by atoms with Crippen LogP contribution in [0.3, 0.4) is 0 Å². The zero-order valence-electron chi connectivity index (χ0n) is 13.1. The van der Waals surface area contributed by atoms with Crippen LogP contribution in [0.1, 0.15) is 41.0 Å². The quantitative estimate of drug-likeness (QED) is 0.858. The van der Waals surface area contributed by atoms with Crippen LogP contribution in [0.15, 0.2) is 0 Å². The molecule has 0 radical (unpaired) electrons. The third-order valence-corrected chi connectivity index (χ3v) is 3.29. The molecule has 116 valence electrons. The molecule has 1 aliphatic rings. The Morgan fingerprint density at radius 2 is 1.95 bits per heavy atom. The summed E-state index contributed by atoms with van der Waals surface area (Å²) in [7, 11) is 0. The number of rotatable bonds is 3. The molecule has 1 heterocycles. The van der Waals surface area contributed by atoms with Gasteiger partial charge in [-0.15, -0.1) is 0 Å². The minimum absolute atomic E-state index is 0.0449. The molecule has 6 heteroatoms. The summed E-state index contributed by atoms with van der Waals surface area (Å²) in [6, 6.07) is -0.116. The van der Waals surface area contributed by atoms with Gasteiger partial charge in [0.2, 0.25) is 0 Å². The van der Waals surface area contributed by atoms with Crippen molar-refractivity contribution in [2.75, 3.05) is 26.2 Å². The monoisotopic (exact) mass is 286 g/mol. The van der Waals surface area contributed by atoms with Gasteiger partial charge in [0.05, 0.1) is 25.2 Å². The van der Waals surface area contributed by atoms with Crippen molar-refractivity contribution in [2.45, 2.75) is 52.2 Å². The third-order valence-electron chi connectivity index (χ3n) is 3.29. The van der Waals surface area contributed by atoms with Gasteiger partial charge < -0.3 is 19.6 Å². The summed E-state index contributed by atoms with van der Waals surface area (Å²) < 4.78 is 5.60. The van der Waals surface area contributed by atoms with Crippen molar-refractivity contribution in [3.8, 4) is 0 Å². The smallest absolute Gasteiger partial charge is 0.320 e. The molecule has 0 atom stereocenters. The lowest BCUT2D eigenvalue weighted by atomic mass is 10.0. The fraction of sp³-hybridized carbons (Fsp3) is 0.857. The molecule has 1 aliphatic heterocycles. The van der Waals surface area contributed by atoms with Gasteiger partial charge in [-0.2, -0.15) is 0 Å². The van der Waals surface area contributed by atoms with E-state index in [9.17, 15) is 9.59 Å². The fourth-order valence-corrected chi connectivity index (χ4v) is 2.28. The van der Waals surface area contributed by atoms with Crippen LogP contribution in [-0.4, -0.2) is 64.3 Å². The molecular formula is C14H26N2O4. The number of urea groups is 1. The Hall–Kier alpha value is -1.30. The minimum atomic E-state index is -0.894. The first-order valence-corrected chi connectivity index (χ1v) is 6.95. The topological polar surface area (TPSA) is 70.1 Å². The number of morpholine rings is 1. The van der Waals surface area contributed by atoms with Gasteiger partial charge in [-0.1, -0.05) is 0 Å². The molecule has 0 aliphatic carbocycles. The van der Waals surface area contributed by atoms with Gasteiger partial charge >= 0.3 is 12.0 Å². The Morgan fingerprint density at radius 3 is 2.40 bits per heavy atom. The SMILES string of the molecule is CC1(C)CN(C(=O)N(CCC(=O)O)C(C)(C)C)CCO1. The molecule has 6 nitrogen and oxygen atoms in total. The highest BCUT2D eigenvalue weighted by Crippen LogP contribution is 2.21. The summed E-state index contributed by atoms with van der Waals surface area (Å²) >= 11 is 0. The highest BCUT2D eigenvalue weighted by Gasteiger charge is 2.35. The van der Waals surface area contributed by atoms with Gasteiger partial charge in [-0.3, -0.25) is 4.79 Å². The predicted molar refractivity (Wildman–Crippen MR) is 75.7 cm³/mol. The van der Waals surface area contributed by atoms with E-state index in [1.807, 2.05) is 34.6 Å². The Labute approximate surface area is 120 Å². The number of carboxylic acid groups (broad SMARTS) is 1. The number of ether oxygens (including phenoxy) is 1. The number of hydrogen-bond donors (Lipinski definition) is 1. The van der Waals surface area contributed by atoms with Crippen molar-refractivity contribution in [1.82, 2.24) is 9.80 Å². The molecule has 0 aromatic carbocycles. The maximum Gasteiger partial charge on any atom is 0.320 e. The molecule has 1 saturated heterocycles. The van der Waals surface area contributed by atoms with E-state index in [2.05, 4.69) is 0 Å². The lowest BCUT2D eigenvalue weighted by Gasteiger charge is -2.44. The van der Waals surface area contributed by atoms with Gasteiger partial charge in [0.25, 0.3) is 0 Å². The van der Waals surface area contributed by atoms with E-state index >= 15 is 0 Å². The number of nitrogens with zero attached hydrogens (tertiary/aromatic N) is 2. The second kappa shape index (κ2) is 5.99. The first-order valence-electron chi connectivity index (χ1n) is 6.95. The Kier molecular flexibility index (Phi) is 5.02. The van der Waals surface area contributed by atoms with Crippen LogP contribution in [0, 0.1) is 0 Å². The van der Waals surface area contributed by atoms with Crippen LogP contribution >= 0.6 is 0 Å². The molecule has 0 unspecified atom stereocenters. The van der Waals surface area contributed by atoms with E-state index in [4.69, 9.17) is 9.84 Å². The van der Waals surface area contributed by atoms with Crippen molar-refractivity contribution in [3.63, 3.8) is 0 Å². The van der Waals surface area contributed by atoms with E-state index in [0.717, 1.165) is 0 Å². The summed E-state index contributed by atoms with van der Waals surface area (Å²) in [5, 5.41) is 8.83. The zero-order chi connectivity index (χ0) is 15.6. The predicted octanol–water partition coefficient (Wildman–Crippen LogP) is 1.79. The maximum atomic E-state index is 12.6. The summed E-state index contributed by atoms with van der Waals surface area (Å²) in [6.07, 6.45) is -0.0449. The van der Waals surface area contributed by atoms with Crippen molar-refractivity contribution in [1.29, 1.82) is 0 Å². The third kappa shape index (κ3) is 4.67. The minimum Gasteiger partial charge on any atom is -0.481 e. The second-order valence-corrected chi connectivity index (χ2v) is 6.78. The van der Waals surface area contributed by atoms with Crippen molar-refractivity contribution < 1.29 is 19.4 Å². The highest BCUT2D eigenvalue weighted by molar-refractivity contribution is 5.76. The Bertz CT molecular complexity index is 374. The standard InChI is InChI=1S/C14H26N2O4/c1-13(2,3)16(7-6-11(17)18)12(19)15-8-9-20-14(4,5)10-15/h6-10H2,1-5H3,(H,17,18). The van der Waals surface area contributed by atoms with Crippen LogP contribution in [0.25, 0.3) is 0 Å². The van der Waals surface area contributed by atoms with Gasteiger partial charge in [-0.05, 0) is 34.6 Å². The molecule has 20 heavy (non-hydrogen) atoms. The molecule has 1 rings (SSSR count). The normalized spacial score (nSPS) is 18.8. The van der Waals surface area contributed by atoms with Crippen molar-refractivity contribution in [2.24, 2.45) is 0 Å². The van der Waals surface area contributed by atoms with E-state index in [-0.39, 0.29) is 24.6 Å². The van der Waals surface area contributed by atoms with Crippen LogP contribution < -0.4 is 0 Å². The first kappa shape index (κ1) is 16.8. The lowest BCUT2D eigenvalue weighted by molar-refractivity contribution is -0.137. The molecule has 1 fully saturated rings. The van der Waals surface area contributed by atoms with E-state index < -0.39 is 11.5 Å². The Morgan fingerprint density at radius 1 is 1.35 bits per heavy atom. The number of aliphatic carboxylic acids is 1. The molecule has 0 saturated carbocycles. The fourth-order valence-electron chi connectivity index (χ4n) is 2.28. The molecule has 0 aromatic heterocycles. The zero-order valence-corrected chi connectivity index (χ0v) is 13.1. The largest absolute Gasteiger partial charge is 0.481 e. The van der Waals surface area contributed by atoms with Crippen LogP contribution in [0.4, 0.5) is 4.79 Å². The van der Waals surface area contributed by atoms with E-state index in [1.54, 1.807) is 9.80 Å². The summed E-state index contributed by atoms with van der Waals surface area (Å²) in [5.41, 5.74) is -0.765. The summed E-state index contributed by atoms with van der Waals surface area (Å²) in [6.45, 7) is 11.4. The molecule has 0 aromatic rings. The van der Waals surface area contributed by atoms with Crippen LogP contribution in [-0.2, 0) is 9.53 Å². The second-order valence-electron chi connectivity index (χ2n) is 6.78. The molecule has 0 spiro atoms. The first-order chi connectivity index (χ1) is 9.03. The molecule has 2 amide bonds. The van der Waals surface area contributed by atoms with E-state index in [1.165, 1.54) is 0 Å². The Balaban J connectivity index is 2.79. The van der Waals surface area contributed by atoms with Crippen LogP contribution in [0.5, 0.6) is 0 Å². The van der Waals surface area contributed by atoms with Crippen molar-refractivity contribution >= 4 is 12.0 Å². The average molecular weight is 286 g/mol. The van der Waals surface area contributed by atoms with Crippen LogP contribution in [0.2, 0.25) is 0 Å². The molecule has 1 N–H and O–H groups in total. The van der Waals surface area contributed by atoms with Gasteiger partial charge in [0, 0.05) is 18.6 Å². The van der Waals surface area contributed by atoms with Gasteiger partial charge in [-0.25, -0.2) is 4.79 Å². The molecule has 0 bridgehead atoms. The molecular weight excluding hydrogens is 260 g/mol. The summed E-state index contributed by atoms with van der Waals surface area (Å²) in [4.78, 5) is 26.8. The number of hydrogen-bond acceptors (Lipinski definition) is 3. The summed E-state index contributed by atoms with van der Waals surface area (Å²) in [5.74, 6) is -0.894. The average Bonchev–Trinajstić information content (AvgIpc) is 2.25. The van der Waals surface area contributed by atoms with E-state index in [0.29, 0.717) is 19.7 Å².